The van der Waals surface area contributed by atoms with E-state index in [0.29, 0.717) is 10.3 Å². The van der Waals surface area contributed by atoms with Crippen molar-refractivity contribution in [3.63, 3.8) is 0 Å². The van der Waals surface area contributed by atoms with E-state index >= 15 is 0 Å². The number of hydrogen-bond donors (Lipinski definition) is 1. The summed E-state index contributed by atoms with van der Waals surface area (Å²) >= 11 is 2.74. The number of benzene rings is 2. The molecule has 0 bridgehead atoms. The Kier molecular flexibility index (Phi) is 5.27. The van der Waals surface area contributed by atoms with Gasteiger partial charge in [-0.05, 0) is 37.3 Å². The van der Waals surface area contributed by atoms with Crippen LogP contribution in [0.25, 0.3) is 15.9 Å². The van der Waals surface area contributed by atoms with E-state index in [-0.39, 0.29) is 11.7 Å². The first-order chi connectivity index (χ1) is 13.6. The number of amides is 1. The molecule has 0 radical (unpaired) electrons. The van der Waals surface area contributed by atoms with E-state index in [2.05, 4.69) is 20.5 Å². The highest BCUT2D eigenvalue weighted by Crippen LogP contribution is 2.29. The molecule has 0 atom stereocenters. The molecule has 2 heterocycles. The zero-order valence-electron chi connectivity index (χ0n) is 15.2. The van der Waals surface area contributed by atoms with Crippen LogP contribution in [0.4, 0.5) is 5.13 Å². The van der Waals surface area contributed by atoms with Gasteiger partial charge in [0, 0.05) is 5.69 Å². The maximum absolute atomic E-state index is 12.4. The number of hydrogen-bond acceptors (Lipinski definition) is 7. The summed E-state index contributed by atoms with van der Waals surface area (Å²) in [6.45, 7) is 2.04. The van der Waals surface area contributed by atoms with Crippen LogP contribution in [-0.4, -0.2) is 38.5 Å². The Morgan fingerprint density at radius 1 is 1.25 bits per heavy atom. The van der Waals surface area contributed by atoms with Gasteiger partial charge in [0.1, 0.15) is 12.1 Å². The molecular formula is C19H17N5O2S2. The van der Waals surface area contributed by atoms with Crippen LogP contribution in [0.3, 0.4) is 0 Å². The number of carbonyl (C=O) groups excluding carboxylic acids is 1. The van der Waals surface area contributed by atoms with Gasteiger partial charge in [-0.15, -0.1) is 10.2 Å². The summed E-state index contributed by atoms with van der Waals surface area (Å²) in [4.78, 5) is 16.8. The zero-order chi connectivity index (χ0) is 19.5. The standard InChI is InChI=1S/C19H17N5O2S2/c1-12-3-5-13(6-4-12)24-11-20-23-19(24)27-10-17(25)22-18-21-15-8-7-14(26-2)9-16(15)28-18/h3-9,11H,10H2,1-2H3,(H,21,22,25). The predicted molar refractivity (Wildman–Crippen MR) is 112 cm³/mol. The van der Waals surface area contributed by atoms with Crippen molar-refractivity contribution in [3.05, 3.63) is 54.4 Å². The van der Waals surface area contributed by atoms with E-state index < -0.39 is 0 Å². The lowest BCUT2D eigenvalue weighted by Gasteiger charge is -2.06. The number of anilines is 1. The van der Waals surface area contributed by atoms with Gasteiger partial charge in [0.25, 0.3) is 0 Å². The molecule has 4 rings (SSSR count). The number of aromatic nitrogens is 4. The van der Waals surface area contributed by atoms with Crippen molar-refractivity contribution in [2.24, 2.45) is 0 Å². The summed E-state index contributed by atoms with van der Waals surface area (Å²) in [5, 5.41) is 12.2. The molecule has 2 aromatic heterocycles. The number of nitrogens with zero attached hydrogens (tertiary/aromatic N) is 4. The lowest BCUT2D eigenvalue weighted by Crippen LogP contribution is -2.14. The largest absolute Gasteiger partial charge is 0.497 e. The van der Waals surface area contributed by atoms with Crippen LogP contribution >= 0.6 is 23.1 Å². The molecule has 142 valence electrons. The molecule has 7 nitrogen and oxygen atoms in total. The molecular weight excluding hydrogens is 394 g/mol. The molecule has 0 unspecified atom stereocenters. The number of nitrogens with one attached hydrogen (secondary N) is 1. The molecule has 0 saturated carbocycles. The third-order valence-corrected chi connectivity index (χ3v) is 5.88. The Morgan fingerprint density at radius 2 is 2.07 bits per heavy atom. The van der Waals surface area contributed by atoms with Crippen molar-refractivity contribution in [3.8, 4) is 11.4 Å². The van der Waals surface area contributed by atoms with Gasteiger partial charge in [-0.2, -0.15) is 0 Å². The smallest absolute Gasteiger partial charge is 0.236 e. The molecule has 28 heavy (non-hydrogen) atoms. The van der Waals surface area contributed by atoms with Crippen LogP contribution in [0.15, 0.2) is 53.9 Å². The van der Waals surface area contributed by atoms with E-state index in [1.54, 1.807) is 13.4 Å². The Balaban J connectivity index is 1.41. The van der Waals surface area contributed by atoms with Gasteiger partial charge in [-0.1, -0.05) is 40.8 Å². The maximum atomic E-state index is 12.4. The van der Waals surface area contributed by atoms with Crippen molar-refractivity contribution >= 4 is 44.4 Å². The zero-order valence-corrected chi connectivity index (χ0v) is 16.9. The molecule has 0 aliphatic rings. The first-order valence-electron chi connectivity index (χ1n) is 8.46. The Hall–Kier alpha value is -2.91. The first kappa shape index (κ1) is 18.5. The fraction of sp³-hybridized carbons (Fsp3) is 0.158. The molecule has 0 aliphatic heterocycles. The average molecular weight is 412 g/mol. The summed E-state index contributed by atoms with van der Waals surface area (Å²) in [7, 11) is 1.62. The topological polar surface area (TPSA) is 81.9 Å². The average Bonchev–Trinajstić information content (AvgIpc) is 3.32. The molecule has 4 aromatic rings. The lowest BCUT2D eigenvalue weighted by molar-refractivity contribution is -0.113. The van der Waals surface area contributed by atoms with Crippen LogP contribution < -0.4 is 10.1 Å². The molecule has 0 fully saturated rings. The van der Waals surface area contributed by atoms with Gasteiger partial charge in [0.15, 0.2) is 10.3 Å². The quantitative estimate of drug-likeness (QED) is 0.484. The van der Waals surface area contributed by atoms with E-state index in [9.17, 15) is 4.79 Å². The minimum absolute atomic E-state index is 0.144. The van der Waals surface area contributed by atoms with Gasteiger partial charge in [-0.25, -0.2) is 4.98 Å². The second-order valence-electron chi connectivity index (χ2n) is 6.01. The van der Waals surface area contributed by atoms with Gasteiger partial charge < -0.3 is 10.1 Å². The van der Waals surface area contributed by atoms with Crippen molar-refractivity contribution in [2.45, 2.75) is 12.1 Å². The molecule has 1 N–H and O–H groups in total. The van der Waals surface area contributed by atoms with E-state index in [0.717, 1.165) is 21.7 Å². The second kappa shape index (κ2) is 7.99. The molecule has 1 amide bonds. The summed E-state index contributed by atoms with van der Waals surface area (Å²) in [5.41, 5.74) is 2.96. The van der Waals surface area contributed by atoms with Crippen molar-refractivity contribution < 1.29 is 9.53 Å². The van der Waals surface area contributed by atoms with Gasteiger partial charge in [0.2, 0.25) is 5.91 Å². The maximum Gasteiger partial charge on any atom is 0.236 e. The molecule has 9 heteroatoms. The van der Waals surface area contributed by atoms with Crippen LogP contribution in [0, 0.1) is 6.92 Å². The van der Waals surface area contributed by atoms with E-state index in [1.165, 1.54) is 28.7 Å². The van der Waals surface area contributed by atoms with Gasteiger partial charge in [0.05, 0.1) is 23.1 Å². The highest BCUT2D eigenvalue weighted by atomic mass is 32.2. The third kappa shape index (κ3) is 4.00. The number of carbonyl (C=O) groups is 1. The number of methoxy groups -OCH3 is 1. The lowest BCUT2D eigenvalue weighted by atomic mass is 10.2. The Labute approximate surface area is 169 Å². The number of thioether (sulfide) groups is 1. The molecule has 0 aliphatic carbocycles. The Bertz CT molecular complexity index is 1120. The fourth-order valence-corrected chi connectivity index (χ4v) is 4.22. The summed E-state index contributed by atoms with van der Waals surface area (Å²) in [5.74, 6) is 0.832. The molecule has 0 spiro atoms. The normalized spacial score (nSPS) is 10.9. The van der Waals surface area contributed by atoms with Crippen molar-refractivity contribution in [2.75, 3.05) is 18.2 Å². The second-order valence-corrected chi connectivity index (χ2v) is 7.98. The van der Waals surface area contributed by atoms with Crippen LogP contribution in [-0.2, 0) is 4.79 Å². The van der Waals surface area contributed by atoms with Crippen LogP contribution in [0.5, 0.6) is 5.75 Å². The number of fused-ring (bicyclic) bond motifs is 1. The fourth-order valence-electron chi connectivity index (χ4n) is 2.58. The van der Waals surface area contributed by atoms with E-state index in [4.69, 9.17) is 4.74 Å². The predicted octanol–water partition coefficient (Wildman–Crippen LogP) is 3.92. The summed E-state index contributed by atoms with van der Waals surface area (Å²) < 4.78 is 8.04. The number of aryl methyl sites for hydroxylation is 1. The number of rotatable bonds is 6. The SMILES string of the molecule is COc1ccc2nc(NC(=O)CSc3nncn3-c3ccc(C)cc3)sc2c1. The van der Waals surface area contributed by atoms with Gasteiger partial charge in [-0.3, -0.25) is 9.36 Å². The van der Waals surface area contributed by atoms with Crippen LogP contribution in [0.1, 0.15) is 5.56 Å². The molecule has 2 aromatic carbocycles. The summed E-state index contributed by atoms with van der Waals surface area (Å²) in [6.07, 6.45) is 1.64. The number of thiazole rings is 1. The minimum atomic E-state index is -0.144. The first-order valence-corrected chi connectivity index (χ1v) is 10.3. The third-order valence-electron chi connectivity index (χ3n) is 4.00. The minimum Gasteiger partial charge on any atom is -0.497 e. The Morgan fingerprint density at radius 3 is 2.86 bits per heavy atom. The monoisotopic (exact) mass is 411 g/mol. The van der Waals surface area contributed by atoms with Crippen molar-refractivity contribution in [1.82, 2.24) is 19.7 Å². The van der Waals surface area contributed by atoms with Crippen molar-refractivity contribution in [1.29, 1.82) is 0 Å². The molecule has 0 saturated heterocycles. The van der Waals surface area contributed by atoms with Crippen LogP contribution in [0.2, 0.25) is 0 Å². The summed E-state index contributed by atoms with van der Waals surface area (Å²) in [6, 6.07) is 13.7. The number of ether oxygens (including phenoxy) is 1. The highest BCUT2D eigenvalue weighted by Gasteiger charge is 2.12. The van der Waals surface area contributed by atoms with E-state index in [1.807, 2.05) is 54.0 Å². The van der Waals surface area contributed by atoms with Gasteiger partial charge >= 0.3 is 0 Å². The highest BCUT2D eigenvalue weighted by molar-refractivity contribution is 7.99.